The van der Waals surface area contributed by atoms with Crippen molar-refractivity contribution in [2.45, 2.75) is 12.8 Å². The molecular weight excluding hydrogens is 310 g/mol. The number of allylic oxidation sites excluding steroid dienone is 1. The highest BCUT2D eigenvalue weighted by atomic mass is 35.5. The molecule has 1 aliphatic carbocycles. The van der Waals surface area contributed by atoms with Crippen LogP contribution in [0.15, 0.2) is 65.6 Å². The zero-order valence-electron chi connectivity index (χ0n) is 12.6. The van der Waals surface area contributed by atoms with E-state index < -0.39 is 0 Å². The lowest BCUT2D eigenvalue weighted by molar-refractivity contribution is 0.928. The van der Waals surface area contributed by atoms with Gasteiger partial charge < -0.3 is 5.32 Å². The number of nitrogens with one attached hydrogen (secondary N) is 1. The summed E-state index contributed by atoms with van der Waals surface area (Å²) in [5, 5.41) is 6.92. The number of halogens is 1. The number of nitrogens with zero attached hydrogens (tertiary/aromatic N) is 2. The smallest absolute Gasteiger partial charge is 0.103 e. The van der Waals surface area contributed by atoms with E-state index in [1.807, 2.05) is 36.4 Å². The van der Waals surface area contributed by atoms with Crippen LogP contribution in [0.1, 0.15) is 18.5 Å². The summed E-state index contributed by atoms with van der Waals surface area (Å²) in [4.78, 5) is 15.1. The fourth-order valence-electron chi connectivity index (χ4n) is 2.27. The third kappa shape index (κ3) is 3.85. The SMILES string of the molecule is C=C(NCC(N=O)=C1CC1)c1cc(-c2ccc(Cl)cc2)ccn1. The van der Waals surface area contributed by atoms with Crippen molar-refractivity contribution < 1.29 is 0 Å². The molecule has 4 nitrogen and oxygen atoms in total. The highest BCUT2D eigenvalue weighted by Gasteiger charge is 2.18. The fraction of sp³-hybridized carbons (Fsp3) is 0.167. The first-order valence-electron chi connectivity index (χ1n) is 7.37. The molecule has 116 valence electrons. The topological polar surface area (TPSA) is 54.4 Å². The van der Waals surface area contributed by atoms with Gasteiger partial charge in [0.2, 0.25) is 0 Å². The van der Waals surface area contributed by atoms with Crippen LogP contribution in [0.25, 0.3) is 16.8 Å². The Morgan fingerprint density at radius 1 is 1.22 bits per heavy atom. The molecule has 23 heavy (non-hydrogen) atoms. The van der Waals surface area contributed by atoms with Crippen LogP contribution < -0.4 is 5.32 Å². The van der Waals surface area contributed by atoms with E-state index in [1.54, 1.807) is 6.20 Å². The molecule has 0 saturated heterocycles. The molecule has 0 amide bonds. The maximum Gasteiger partial charge on any atom is 0.103 e. The second-order valence-corrected chi connectivity index (χ2v) is 5.85. The van der Waals surface area contributed by atoms with Gasteiger partial charge in [0.1, 0.15) is 5.70 Å². The normalized spacial score (nSPS) is 12.7. The molecule has 2 aromatic rings. The van der Waals surface area contributed by atoms with Crippen LogP contribution in [0.2, 0.25) is 5.02 Å². The van der Waals surface area contributed by atoms with E-state index in [9.17, 15) is 4.91 Å². The summed E-state index contributed by atoms with van der Waals surface area (Å²) in [5.41, 5.74) is 5.21. The molecule has 1 N–H and O–H groups in total. The Hall–Kier alpha value is -2.46. The Labute approximate surface area is 139 Å². The molecule has 3 rings (SSSR count). The van der Waals surface area contributed by atoms with Crippen LogP contribution in [0.5, 0.6) is 0 Å². The van der Waals surface area contributed by atoms with E-state index in [0.29, 0.717) is 23.0 Å². The van der Waals surface area contributed by atoms with E-state index in [1.165, 1.54) is 0 Å². The molecule has 0 unspecified atom stereocenters. The molecule has 0 radical (unpaired) electrons. The summed E-state index contributed by atoms with van der Waals surface area (Å²) < 4.78 is 0. The Balaban J connectivity index is 1.74. The minimum absolute atomic E-state index is 0.393. The maximum atomic E-state index is 10.8. The maximum absolute atomic E-state index is 10.8. The summed E-state index contributed by atoms with van der Waals surface area (Å²) in [6, 6.07) is 11.5. The zero-order chi connectivity index (χ0) is 16.2. The predicted molar refractivity (Wildman–Crippen MR) is 93.8 cm³/mol. The first-order valence-corrected chi connectivity index (χ1v) is 7.74. The van der Waals surface area contributed by atoms with Crippen LogP contribution in [-0.4, -0.2) is 11.5 Å². The first kappa shape index (κ1) is 15.4. The average Bonchev–Trinajstić information content (AvgIpc) is 3.41. The highest BCUT2D eigenvalue weighted by molar-refractivity contribution is 6.30. The molecule has 1 aromatic carbocycles. The van der Waals surface area contributed by atoms with E-state index in [0.717, 1.165) is 35.2 Å². The van der Waals surface area contributed by atoms with E-state index in [2.05, 4.69) is 22.1 Å². The Kier molecular flexibility index (Phi) is 4.53. The van der Waals surface area contributed by atoms with Crippen molar-refractivity contribution in [3.8, 4) is 11.1 Å². The lowest BCUT2D eigenvalue weighted by Crippen LogP contribution is -2.15. The molecule has 1 saturated carbocycles. The fourth-order valence-corrected chi connectivity index (χ4v) is 2.40. The Bertz CT molecular complexity index is 775. The van der Waals surface area contributed by atoms with E-state index in [-0.39, 0.29) is 0 Å². The number of nitroso groups, excluding NO2 is 1. The van der Waals surface area contributed by atoms with Crippen LogP contribution in [0, 0.1) is 4.91 Å². The largest absolute Gasteiger partial charge is 0.378 e. The molecule has 1 aliphatic rings. The molecule has 1 heterocycles. The van der Waals surface area contributed by atoms with Crippen molar-refractivity contribution in [2.24, 2.45) is 5.18 Å². The first-order chi connectivity index (χ1) is 11.2. The summed E-state index contributed by atoms with van der Waals surface area (Å²) >= 11 is 5.92. The predicted octanol–water partition coefficient (Wildman–Crippen LogP) is 4.78. The molecular formula is C18H16ClN3O. The third-order valence-electron chi connectivity index (χ3n) is 3.73. The van der Waals surface area contributed by atoms with Crippen molar-refractivity contribution in [2.75, 3.05) is 6.54 Å². The van der Waals surface area contributed by atoms with Gasteiger partial charge in [0.15, 0.2) is 0 Å². The second-order valence-electron chi connectivity index (χ2n) is 5.41. The van der Waals surface area contributed by atoms with Gasteiger partial charge in [0, 0.05) is 11.2 Å². The highest BCUT2D eigenvalue weighted by Crippen LogP contribution is 2.32. The molecule has 1 aromatic heterocycles. The quantitative estimate of drug-likeness (QED) is 0.778. The molecule has 5 heteroatoms. The van der Waals surface area contributed by atoms with Crippen molar-refractivity contribution in [3.63, 3.8) is 0 Å². The van der Waals surface area contributed by atoms with Gasteiger partial charge in [-0.15, -0.1) is 4.91 Å². The van der Waals surface area contributed by atoms with Gasteiger partial charge in [-0.2, -0.15) is 0 Å². The van der Waals surface area contributed by atoms with E-state index >= 15 is 0 Å². The van der Waals surface area contributed by atoms with Gasteiger partial charge in [-0.3, -0.25) is 4.98 Å². The number of hydrogen-bond acceptors (Lipinski definition) is 4. The van der Waals surface area contributed by atoms with Gasteiger partial charge in [0.25, 0.3) is 0 Å². The lowest BCUT2D eigenvalue weighted by Gasteiger charge is -2.10. The molecule has 0 bridgehead atoms. The van der Waals surface area contributed by atoms with Crippen molar-refractivity contribution in [3.05, 3.63) is 76.1 Å². The van der Waals surface area contributed by atoms with Crippen LogP contribution >= 0.6 is 11.6 Å². The molecule has 0 spiro atoms. The third-order valence-corrected chi connectivity index (χ3v) is 3.99. The van der Waals surface area contributed by atoms with Crippen molar-refractivity contribution in [1.29, 1.82) is 0 Å². The number of pyridine rings is 1. The molecule has 0 atom stereocenters. The Morgan fingerprint density at radius 2 is 1.96 bits per heavy atom. The van der Waals surface area contributed by atoms with Gasteiger partial charge >= 0.3 is 0 Å². The monoisotopic (exact) mass is 325 g/mol. The molecule has 0 aliphatic heterocycles. The van der Waals surface area contributed by atoms with Gasteiger partial charge in [0.05, 0.1) is 17.9 Å². The number of hydrogen-bond donors (Lipinski definition) is 1. The number of benzene rings is 1. The van der Waals surface area contributed by atoms with Gasteiger partial charge in [-0.25, -0.2) is 0 Å². The van der Waals surface area contributed by atoms with E-state index in [4.69, 9.17) is 11.6 Å². The second kappa shape index (κ2) is 6.75. The number of rotatable bonds is 6. The van der Waals surface area contributed by atoms with Gasteiger partial charge in [-0.05, 0) is 59.0 Å². The minimum atomic E-state index is 0.393. The van der Waals surface area contributed by atoms with Gasteiger partial charge in [-0.1, -0.05) is 30.3 Å². The minimum Gasteiger partial charge on any atom is -0.378 e. The Morgan fingerprint density at radius 3 is 2.61 bits per heavy atom. The summed E-state index contributed by atoms with van der Waals surface area (Å²) in [5.74, 6) is 0. The summed E-state index contributed by atoms with van der Waals surface area (Å²) in [6.45, 7) is 4.39. The zero-order valence-corrected chi connectivity index (χ0v) is 13.3. The standard InChI is InChI=1S/C18H16ClN3O/c1-12(21-11-18(22-23)14-2-3-14)17-10-15(8-9-20-17)13-4-6-16(19)7-5-13/h4-10,21H,1-3,11H2. The van der Waals surface area contributed by atoms with Crippen LogP contribution in [-0.2, 0) is 0 Å². The average molecular weight is 326 g/mol. The summed E-state index contributed by atoms with van der Waals surface area (Å²) in [7, 11) is 0. The molecule has 1 fully saturated rings. The lowest BCUT2D eigenvalue weighted by atomic mass is 10.1. The van der Waals surface area contributed by atoms with Crippen molar-refractivity contribution >= 4 is 17.3 Å². The summed E-state index contributed by atoms with van der Waals surface area (Å²) in [6.07, 6.45) is 3.68. The van der Waals surface area contributed by atoms with Crippen LogP contribution in [0.4, 0.5) is 0 Å². The number of aromatic nitrogens is 1. The van der Waals surface area contributed by atoms with Crippen molar-refractivity contribution in [1.82, 2.24) is 10.3 Å². The van der Waals surface area contributed by atoms with Crippen LogP contribution in [0.3, 0.4) is 0 Å².